The topological polar surface area (TPSA) is 55.2 Å². The van der Waals surface area contributed by atoms with Gasteiger partial charge in [-0.1, -0.05) is 38.8 Å². The van der Waals surface area contributed by atoms with Crippen LogP contribution in [0.25, 0.3) is 0 Å². The maximum absolute atomic E-state index is 10.8. The molecular weight excluding hydrogens is 240 g/mol. The van der Waals surface area contributed by atoms with Crippen LogP contribution in [0.1, 0.15) is 58.1 Å². The van der Waals surface area contributed by atoms with E-state index in [1.54, 1.807) is 18.2 Å². The highest BCUT2D eigenvalue weighted by atomic mass is 16.6. The molecular formula is C15H24N2O2. The molecule has 1 aromatic rings. The fraction of sp³-hybridized carbons (Fsp3) is 0.600. The van der Waals surface area contributed by atoms with Crippen molar-refractivity contribution in [2.75, 3.05) is 0 Å². The molecule has 0 aromatic heterocycles. The van der Waals surface area contributed by atoms with E-state index < -0.39 is 0 Å². The molecule has 0 heterocycles. The third kappa shape index (κ3) is 4.99. The normalized spacial score (nSPS) is 14.1. The van der Waals surface area contributed by atoms with Gasteiger partial charge in [-0.05, 0) is 25.3 Å². The van der Waals surface area contributed by atoms with E-state index in [4.69, 9.17) is 0 Å². The summed E-state index contributed by atoms with van der Waals surface area (Å²) in [5, 5.41) is 14.4. The second-order valence-electron chi connectivity index (χ2n) is 5.05. The molecule has 0 aliphatic carbocycles. The Balaban J connectivity index is 2.85. The van der Waals surface area contributed by atoms with E-state index in [1.165, 1.54) is 0 Å². The van der Waals surface area contributed by atoms with Gasteiger partial charge in [0.2, 0.25) is 0 Å². The summed E-state index contributed by atoms with van der Waals surface area (Å²) in [7, 11) is 0. The molecule has 0 amide bonds. The van der Waals surface area contributed by atoms with Crippen LogP contribution in [0.5, 0.6) is 0 Å². The highest BCUT2D eigenvalue weighted by Gasteiger charge is 2.15. The van der Waals surface area contributed by atoms with Crippen molar-refractivity contribution < 1.29 is 4.92 Å². The molecule has 2 unspecified atom stereocenters. The maximum atomic E-state index is 10.8. The molecule has 0 radical (unpaired) electrons. The van der Waals surface area contributed by atoms with Crippen LogP contribution in [0.4, 0.5) is 5.69 Å². The Morgan fingerprint density at radius 2 is 1.95 bits per heavy atom. The fourth-order valence-electron chi connectivity index (χ4n) is 2.35. The van der Waals surface area contributed by atoms with Gasteiger partial charge in [0, 0.05) is 24.2 Å². The monoisotopic (exact) mass is 264 g/mol. The van der Waals surface area contributed by atoms with Crippen LogP contribution in [0.15, 0.2) is 24.3 Å². The number of benzene rings is 1. The van der Waals surface area contributed by atoms with E-state index in [0.717, 1.165) is 31.2 Å². The molecule has 0 aliphatic rings. The lowest BCUT2D eigenvalue weighted by Crippen LogP contribution is -2.30. The third-order valence-electron chi connectivity index (χ3n) is 3.27. The Labute approximate surface area is 115 Å². The lowest BCUT2D eigenvalue weighted by molar-refractivity contribution is -0.384. The van der Waals surface area contributed by atoms with Crippen LogP contribution in [-0.4, -0.2) is 11.0 Å². The second kappa shape index (κ2) is 7.89. The summed E-state index contributed by atoms with van der Waals surface area (Å²) in [6.07, 6.45) is 4.31. The molecule has 1 rings (SSSR count). The largest absolute Gasteiger partial charge is 0.307 e. The number of nitrogens with one attached hydrogen (secondary N) is 1. The summed E-state index contributed by atoms with van der Waals surface area (Å²) >= 11 is 0. The van der Waals surface area contributed by atoms with Crippen molar-refractivity contribution in [2.45, 2.75) is 58.5 Å². The average Bonchev–Trinajstić information content (AvgIpc) is 2.38. The van der Waals surface area contributed by atoms with E-state index in [-0.39, 0.29) is 16.7 Å². The van der Waals surface area contributed by atoms with Crippen LogP contribution in [0, 0.1) is 10.1 Å². The molecule has 0 spiro atoms. The summed E-state index contributed by atoms with van der Waals surface area (Å²) in [5.74, 6) is 0. The van der Waals surface area contributed by atoms with Gasteiger partial charge in [-0.3, -0.25) is 10.1 Å². The molecule has 0 fully saturated rings. The summed E-state index contributed by atoms with van der Waals surface area (Å²) in [6.45, 7) is 6.47. The number of nitro benzene ring substituents is 1. The molecule has 0 aliphatic heterocycles. The van der Waals surface area contributed by atoms with E-state index >= 15 is 0 Å². The lowest BCUT2D eigenvalue weighted by atomic mass is 10.00. The van der Waals surface area contributed by atoms with E-state index in [9.17, 15) is 10.1 Å². The first-order chi connectivity index (χ1) is 9.08. The van der Waals surface area contributed by atoms with E-state index in [2.05, 4.69) is 26.1 Å². The van der Waals surface area contributed by atoms with Gasteiger partial charge in [-0.2, -0.15) is 0 Å². The number of nitro groups is 1. The number of hydrogen-bond acceptors (Lipinski definition) is 3. The fourth-order valence-corrected chi connectivity index (χ4v) is 2.35. The van der Waals surface area contributed by atoms with Crippen molar-refractivity contribution >= 4 is 5.69 Å². The number of rotatable bonds is 8. The summed E-state index contributed by atoms with van der Waals surface area (Å²) < 4.78 is 0. The standard InChI is InChI=1S/C15H24N2O2/c1-4-7-12(3)16-15(8-5-2)13-9-6-10-14(11-13)17(18)19/h6,9-12,15-16H,4-5,7-8H2,1-3H3. The first-order valence-corrected chi connectivity index (χ1v) is 7.08. The quantitative estimate of drug-likeness (QED) is 0.565. The van der Waals surface area contributed by atoms with Crippen molar-refractivity contribution in [1.29, 1.82) is 0 Å². The van der Waals surface area contributed by atoms with E-state index in [1.807, 2.05) is 6.07 Å². The van der Waals surface area contributed by atoms with Gasteiger partial charge in [-0.25, -0.2) is 0 Å². The highest BCUT2D eigenvalue weighted by molar-refractivity contribution is 5.35. The average molecular weight is 264 g/mol. The Morgan fingerprint density at radius 3 is 2.53 bits per heavy atom. The van der Waals surface area contributed by atoms with Gasteiger partial charge >= 0.3 is 0 Å². The third-order valence-corrected chi connectivity index (χ3v) is 3.27. The van der Waals surface area contributed by atoms with Crippen LogP contribution in [-0.2, 0) is 0 Å². The van der Waals surface area contributed by atoms with Crippen molar-refractivity contribution in [3.8, 4) is 0 Å². The molecule has 1 aromatic carbocycles. The molecule has 2 atom stereocenters. The van der Waals surface area contributed by atoms with Gasteiger partial charge in [0.05, 0.1) is 4.92 Å². The van der Waals surface area contributed by atoms with Crippen LogP contribution in [0.2, 0.25) is 0 Å². The molecule has 1 N–H and O–H groups in total. The predicted octanol–water partition coefficient (Wildman–Crippen LogP) is 4.21. The highest BCUT2D eigenvalue weighted by Crippen LogP contribution is 2.23. The van der Waals surface area contributed by atoms with Crippen LogP contribution in [0.3, 0.4) is 0 Å². The van der Waals surface area contributed by atoms with Gasteiger partial charge in [0.1, 0.15) is 0 Å². The summed E-state index contributed by atoms with van der Waals surface area (Å²) in [5.41, 5.74) is 1.18. The van der Waals surface area contributed by atoms with Crippen molar-refractivity contribution in [3.05, 3.63) is 39.9 Å². The smallest absolute Gasteiger partial charge is 0.269 e. The minimum Gasteiger partial charge on any atom is -0.307 e. The molecule has 106 valence electrons. The minimum absolute atomic E-state index is 0.170. The summed E-state index contributed by atoms with van der Waals surface area (Å²) in [6, 6.07) is 7.60. The molecule has 19 heavy (non-hydrogen) atoms. The number of nitrogens with zero attached hydrogens (tertiary/aromatic N) is 1. The Hall–Kier alpha value is -1.42. The Bertz CT molecular complexity index is 407. The maximum Gasteiger partial charge on any atom is 0.269 e. The molecule has 4 nitrogen and oxygen atoms in total. The minimum atomic E-state index is -0.331. The number of hydrogen-bond donors (Lipinski definition) is 1. The van der Waals surface area contributed by atoms with Crippen molar-refractivity contribution in [2.24, 2.45) is 0 Å². The van der Waals surface area contributed by atoms with Gasteiger partial charge < -0.3 is 5.32 Å². The van der Waals surface area contributed by atoms with Gasteiger partial charge in [-0.15, -0.1) is 0 Å². The predicted molar refractivity (Wildman–Crippen MR) is 78.3 cm³/mol. The second-order valence-corrected chi connectivity index (χ2v) is 5.05. The van der Waals surface area contributed by atoms with Crippen molar-refractivity contribution in [1.82, 2.24) is 5.32 Å². The van der Waals surface area contributed by atoms with Crippen LogP contribution >= 0.6 is 0 Å². The summed E-state index contributed by atoms with van der Waals surface area (Å²) in [4.78, 5) is 10.5. The van der Waals surface area contributed by atoms with Gasteiger partial charge in [0.25, 0.3) is 5.69 Å². The van der Waals surface area contributed by atoms with Crippen LogP contribution < -0.4 is 5.32 Å². The molecule has 0 saturated carbocycles. The molecule has 4 heteroatoms. The van der Waals surface area contributed by atoms with Crippen molar-refractivity contribution in [3.63, 3.8) is 0 Å². The Kier molecular flexibility index (Phi) is 6.50. The first-order valence-electron chi connectivity index (χ1n) is 7.08. The zero-order valence-electron chi connectivity index (χ0n) is 12.1. The number of non-ortho nitro benzene ring substituents is 1. The molecule has 0 bridgehead atoms. The van der Waals surface area contributed by atoms with Gasteiger partial charge in [0.15, 0.2) is 0 Å². The SMILES string of the molecule is CCCC(C)NC(CCC)c1cccc([N+](=O)[O-])c1. The van der Waals surface area contributed by atoms with E-state index in [0.29, 0.717) is 6.04 Å². The zero-order chi connectivity index (χ0) is 14.3. The molecule has 0 saturated heterocycles. The lowest BCUT2D eigenvalue weighted by Gasteiger charge is -2.23. The Morgan fingerprint density at radius 1 is 1.26 bits per heavy atom. The zero-order valence-corrected chi connectivity index (χ0v) is 12.1. The first kappa shape index (κ1) is 15.6.